The van der Waals surface area contributed by atoms with Crippen LogP contribution < -0.4 is 0 Å². The number of carbonyl (C=O) groups excluding carboxylic acids is 3. The number of carboxylic acids is 1. The second kappa shape index (κ2) is 8.36. The van der Waals surface area contributed by atoms with Crippen LogP contribution in [-0.4, -0.2) is 49.2 Å². The van der Waals surface area contributed by atoms with Gasteiger partial charge in [0.25, 0.3) is 11.8 Å². The van der Waals surface area contributed by atoms with Crippen LogP contribution in [0.3, 0.4) is 0 Å². The summed E-state index contributed by atoms with van der Waals surface area (Å²) < 4.78 is 0. The van der Waals surface area contributed by atoms with E-state index in [-0.39, 0.29) is 36.5 Å². The highest BCUT2D eigenvalue weighted by Crippen LogP contribution is 2.23. The van der Waals surface area contributed by atoms with Gasteiger partial charge in [0.2, 0.25) is 0 Å². The van der Waals surface area contributed by atoms with Gasteiger partial charge in [-0.05, 0) is 0 Å². The molecule has 130 valence electrons. The number of amides is 2. The van der Waals surface area contributed by atoms with E-state index >= 15 is 0 Å². The van der Waals surface area contributed by atoms with Crippen molar-refractivity contribution in [1.29, 1.82) is 0 Å². The third-order valence-electron chi connectivity index (χ3n) is 2.63. The van der Waals surface area contributed by atoms with Gasteiger partial charge in [-0.1, -0.05) is 0 Å². The summed E-state index contributed by atoms with van der Waals surface area (Å²) in [6.45, 7) is 0. The lowest BCUT2D eigenvalue weighted by molar-refractivity contribution is -0.197. The average molecular weight is 341 g/mol. The zero-order valence-corrected chi connectivity index (χ0v) is 12.3. The second-order valence-corrected chi connectivity index (χ2v) is 4.65. The zero-order valence-electron chi connectivity index (χ0n) is 12.3. The zero-order chi connectivity index (χ0) is 18.3. The molecule has 0 aliphatic carbocycles. The lowest BCUT2D eigenvalue weighted by atomic mass is 10.3. The SMILES string of the molecule is O=C(O)CCC(=O)ON1C(=O)CCC1=O.Oc1cc(O)cc(O)c1. The number of benzene rings is 1. The number of phenols is 3. The largest absolute Gasteiger partial charge is 0.508 e. The van der Waals surface area contributed by atoms with Crippen molar-refractivity contribution in [2.75, 3.05) is 0 Å². The van der Waals surface area contributed by atoms with Gasteiger partial charge in [0.05, 0.1) is 12.8 Å². The maximum atomic E-state index is 11.0. The summed E-state index contributed by atoms with van der Waals surface area (Å²) >= 11 is 0. The molecular weight excluding hydrogens is 326 g/mol. The number of carbonyl (C=O) groups is 4. The molecule has 0 bridgehead atoms. The molecule has 0 aromatic heterocycles. The summed E-state index contributed by atoms with van der Waals surface area (Å²) in [5.41, 5.74) is 0. The molecule has 1 fully saturated rings. The molecule has 4 N–H and O–H groups in total. The number of hydrogen-bond acceptors (Lipinski definition) is 8. The van der Waals surface area contributed by atoms with Crippen molar-refractivity contribution in [3.05, 3.63) is 18.2 Å². The van der Waals surface area contributed by atoms with Gasteiger partial charge in [-0.25, -0.2) is 4.79 Å². The van der Waals surface area contributed by atoms with E-state index in [1.165, 1.54) is 0 Å². The number of aliphatic carboxylic acids is 1. The van der Waals surface area contributed by atoms with E-state index in [1.54, 1.807) is 0 Å². The van der Waals surface area contributed by atoms with Gasteiger partial charge in [-0.15, -0.1) is 5.06 Å². The van der Waals surface area contributed by atoms with Crippen LogP contribution in [-0.2, 0) is 24.0 Å². The van der Waals surface area contributed by atoms with Crippen LogP contribution in [0, 0.1) is 0 Å². The fourth-order valence-electron chi connectivity index (χ4n) is 1.59. The Labute approximate surface area is 135 Å². The molecule has 10 nitrogen and oxygen atoms in total. The first kappa shape index (κ1) is 18.7. The van der Waals surface area contributed by atoms with Crippen LogP contribution in [0.25, 0.3) is 0 Å². The van der Waals surface area contributed by atoms with Crippen LogP contribution in [0.5, 0.6) is 17.2 Å². The molecule has 0 atom stereocenters. The predicted molar refractivity (Wildman–Crippen MR) is 75.5 cm³/mol. The maximum absolute atomic E-state index is 11.0. The minimum atomic E-state index is -1.15. The number of nitrogens with zero attached hydrogens (tertiary/aromatic N) is 1. The summed E-state index contributed by atoms with van der Waals surface area (Å²) in [6.07, 6.45) is -0.725. The Morgan fingerprint density at radius 1 is 0.917 bits per heavy atom. The minimum absolute atomic E-state index is 0.0189. The Kier molecular flexibility index (Phi) is 6.53. The molecule has 0 radical (unpaired) electrons. The summed E-state index contributed by atoms with van der Waals surface area (Å²) in [5.74, 6) is -3.65. The highest BCUT2D eigenvalue weighted by molar-refractivity contribution is 6.01. The molecule has 24 heavy (non-hydrogen) atoms. The third kappa shape index (κ3) is 6.22. The Balaban J connectivity index is 0.000000272. The Morgan fingerprint density at radius 3 is 1.71 bits per heavy atom. The first-order valence-electron chi connectivity index (χ1n) is 6.69. The quantitative estimate of drug-likeness (QED) is 0.563. The lowest BCUT2D eigenvalue weighted by Crippen LogP contribution is -2.32. The van der Waals surface area contributed by atoms with Crippen LogP contribution in [0.4, 0.5) is 0 Å². The molecule has 1 aromatic carbocycles. The number of rotatable bonds is 4. The van der Waals surface area contributed by atoms with Crippen LogP contribution in [0.2, 0.25) is 0 Å². The first-order chi connectivity index (χ1) is 11.2. The normalized spacial score (nSPS) is 13.2. The van der Waals surface area contributed by atoms with E-state index in [9.17, 15) is 19.2 Å². The van der Waals surface area contributed by atoms with Crippen molar-refractivity contribution in [2.24, 2.45) is 0 Å². The molecule has 2 amide bonds. The van der Waals surface area contributed by atoms with Crippen molar-refractivity contribution in [1.82, 2.24) is 5.06 Å². The van der Waals surface area contributed by atoms with Gasteiger partial charge in [-0.3, -0.25) is 14.4 Å². The standard InChI is InChI=1S/C8H9NO6.C6H6O3/c10-5-1-2-6(11)9(5)15-8(14)4-3-7(12)13;7-4-1-5(8)3-6(9)2-4/h1-4H2,(H,12,13);1-3,7-9H. The highest BCUT2D eigenvalue weighted by atomic mass is 16.7. The van der Waals surface area contributed by atoms with Gasteiger partial charge < -0.3 is 25.3 Å². The van der Waals surface area contributed by atoms with Gasteiger partial charge in [-0.2, -0.15) is 0 Å². The fraction of sp³-hybridized carbons (Fsp3) is 0.286. The fourth-order valence-corrected chi connectivity index (χ4v) is 1.59. The Hall–Kier alpha value is -3.30. The number of carboxylic acid groups (broad SMARTS) is 1. The molecule has 1 aromatic rings. The van der Waals surface area contributed by atoms with E-state index in [4.69, 9.17) is 20.4 Å². The van der Waals surface area contributed by atoms with Crippen LogP contribution >= 0.6 is 0 Å². The molecule has 10 heteroatoms. The van der Waals surface area contributed by atoms with Crippen molar-refractivity contribution in [3.8, 4) is 17.2 Å². The summed E-state index contributed by atoms with van der Waals surface area (Å²) in [4.78, 5) is 47.4. The average Bonchev–Trinajstić information content (AvgIpc) is 2.76. The Bertz CT molecular complexity index is 589. The van der Waals surface area contributed by atoms with Crippen molar-refractivity contribution in [3.63, 3.8) is 0 Å². The number of hydrogen-bond donors (Lipinski definition) is 4. The second-order valence-electron chi connectivity index (χ2n) is 4.65. The van der Waals surface area contributed by atoms with E-state index < -0.39 is 30.2 Å². The third-order valence-corrected chi connectivity index (χ3v) is 2.63. The first-order valence-corrected chi connectivity index (χ1v) is 6.69. The number of imide groups is 1. The molecule has 1 aliphatic heterocycles. The van der Waals surface area contributed by atoms with E-state index in [2.05, 4.69) is 4.84 Å². The molecule has 1 aliphatic rings. The monoisotopic (exact) mass is 341 g/mol. The van der Waals surface area contributed by atoms with Crippen molar-refractivity contribution >= 4 is 23.8 Å². The summed E-state index contributed by atoms with van der Waals surface area (Å²) in [7, 11) is 0. The molecule has 2 rings (SSSR count). The smallest absolute Gasteiger partial charge is 0.333 e. The van der Waals surface area contributed by atoms with Crippen molar-refractivity contribution < 1.29 is 44.4 Å². The van der Waals surface area contributed by atoms with Gasteiger partial charge in [0.15, 0.2) is 0 Å². The lowest BCUT2D eigenvalue weighted by Gasteiger charge is -2.11. The van der Waals surface area contributed by atoms with Crippen LogP contribution in [0.15, 0.2) is 18.2 Å². The van der Waals surface area contributed by atoms with Crippen LogP contribution in [0.1, 0.15) is 25.7 Å². The highest BCUT2D eigenvalue weighted by Gasteiger charge is 2.32. The topological polar surface area (TPSA) is 162 Å². The summed E-state index contributed by atoms with van der Waals surface area (Å²) in [5, 5.41) is 34.7. The number of phenolic OH excluding ortho intramolecular Hbond substituents is 3. The van der Waals surface area contributed by atoms with Crippen molar-refractivity contribution in [2.45, 2.75) is 25.7 Å². The predicted octanol–water partition coefficient (Wildman–Crippen LogP) is 0.262. The molecule has 0 spiro atoms. The van der Waals surface area contributed by atoms with E-state index in [0.29, 0.717) is 5.06 Å². The molecular formula is C14H15NO9. The van der Waals surface area contributed by atoms with E-state index in [0.717, 1.165) is 18.2 Å². The minimum Gasteiger partial charge on any atom is -0.508 e. The number of hydroxylamine groups is 2. The molecule has 0 unspecified atom stereocenters. The van der Waals surface area contributed by atoms with Gasteiger partial charge in [0, 0.05) is 31.0 Å². The Morgan fingerprint density at radius 2 is 1.33 bits per heavy atom. The number of aromatic hydroxyl groups is 3. The molecule has 0 saturated carbocycles. The van der Waals surface area contributed by atoms with Gasteiger partial charge in [0.1, 0.15) is 17.2 Å². The summed E-state index contributed by atoms with van der Waals surface area (Å²) in [6, 6.07) is 3.42. The van der Waals surface area contributed by atoms with E-state index in [1.807, 2.05) is 0 Å². The molecule has 1 saturated heterocycles. The van der Waals surface area contributed by atoms with Gasteiger partial charge >= 0.3 is 11.9 Å². The molecule has 1 heterocycles. The maximum Gasteiger partial charge on any atom is 0.333 e.